The summed E-state index contributed by atoms with van der Waals surface area (Å²) < 4.78 is 0. The molecule has 1 heterocycles. The summed E-state index contributed by atoms with van der Waals surface area (Å²) in [6.07, 6.45) is 0. The highest BCUT2D eigenvalue weighted by Gasteiger charge is 2.18. The smallest absolute Gasteiger partial charge is 0.0468 e. The van der Waals surface area contributed by atoms with Crippen LogP contribution < -0.4 is 5.32 Å². The van der Waals surface area contributed by atoms with Crippen LogP contribution in [0.3, 0.4) is 0 Å². The predicted molar refractivity (Wildman–Crippen MR) is 56.6 cm³/mol. The Morgan fingerprint density at radius 1 is 1.38 bits per heavy atom. The van der Waals surface area contributed by atoms with Crippen molar-refractivity contribution in [1.29, 1.82) is 0 Å². The normalized spacial score (nSPS) is 21.3. The van der Waals surface area contributed by atoms with Crippen LogP contribution >= 0.6 is 23.2 Å². The van der Waals surface area contributed by atoms with E-state index < -0.39 is 0 Å². The van der Waals surface area contributed by atoms with Gasteiger partial charge in [0.2, 0.25) is 0 Å². The molecule has 0 unspecified atom stereocenters. The molecule has 3 heteroatoms. The van der Waals surface area contributed by atoms with Crippen LogP contribution in [-0.4, -0.2) is 6.54 Å². The van der Waals surface area contributed by atoms with Crippen LogP contribution in [0.2, 0.25) is 10.0 Å². The Bertz CT molecular complexity index is 336. The van der Waals surface area contributed by atoms with Gasteiger partial charge >= 0.3 is 0 Å². The molecule has 13 heavy (non-hydrogen) atoms. The number of nitrogens with one attached hydrogen (secondary N) is 1. The largest absolute Gasteiger partial charge is 0.312 e. The molecule has 1 N–H and O–H groups in total. The van der Waals surface area contributed by atoms with Crippen molar-refractivity contribution in [2.24, 2.45) is 0 Å². The first-order valence-corrected chi connectivity index (χ1v) is 5.12. The highest BCUT2D eigenvalue weighted by Crippen LogP contribution is 2.32. The Kier molecular flexibility index (Phi) is 2.50. The van der Waals surface area contributed by atoms with Crippen LogP contribution in [0.1, 0.15) is 24.0 Å². The molecule has 0 saturated carbocycles. The van der Waals surface area contributed by atoms with E-state index in [9.17, 15) is 0 Å². The van der Waals surface area contributed by atoms with Crippen molar-refractivity contribution in [3.63, 3.8) is 0 Å². The van der Waals surface area contributed by atoms with Gasteiger partial charge in [-0.05, 0) is 29.2 Å². The van der Waals surface area contributed by atoms with Gasteiger partial charge in [-0.15, -0.1) is 0 Å². The van der Waals surface area contributed by atoms with Crippen molar-refractivity contribution in [1.82, 2.24) is 5.32 Å². The van der Waals surface area contributed by atoms with Gasteiger partial charge in [-0.3, -0.25) is 0 Å². The van der Waals surface area contributed by atoms with E-state index in [1.54, 1.807) is 0 Å². The van der Waals surface area contributed by atoms with E-state index in [1.165, 1.54) is 11.1 Å². The Morgan fingerprint density at radius 2 is 2.15 bits per heavy atom. The Balaban J connectivity index is 2.56. The first-order chi connectivity index (χ1) is 6.18. The molecule has 0 radical (unpaired) electrons. The number of fused-ring (bicyclic) bond motifs is 1. The summed E-state index contributed by atoms with van der Waals surface area (Å²) in [7, 11) is 0. The summed E-state index contributed by atoms with van der Waals surface area (Å²) in [6, 6.07) is 3.83. The molecule has 0 bridgehead atoms. The molecule has 0 aliphatic carbocycles. The van der Waals surface area contributed by atoms with Crippen LogP contribution in [0.4, 0.5) is 0 Å². The van der Waals surface area contributed by atoms with E-state index >= 15 is 0 Å². The van der Waals surface area contributed by atoms with Crippen LogP contribution in [0, 0.1) is 0 Å². The van der Waals surface area contributed by atoms with Crippen molar-refractivity contribution >= 4 is 23.2 Å². The average Bonchev–Trinajstić information content (AvgIpc) is 2.07. The molecular weight excluding hydrogens is 205 g/mol. The van der Waals surface area contributed by atoms with Crippen molar-refractivity contribution in [2.75, 3.05) is 6.54 Å². The van der Waals surface area contributed by atoms with Crippen molar-refractivity contribution in [2.45, 2.75) is 19.4 Å². The lowest BCUT2D eigenvalue weighted by atomic mass is 9.92. The monoisotopic (exact) mass is 215 g/mol. The first-order valence-electron chi connectivity index (χ1n) is 4.37. The summed E-state index contributed by atoms with van der Waals surface area (Å²) in [5.74, 6) is 0.500. The molecule has 0 aromatic heterocycles. The van der Waals surface area contributed by atoms with Gasteiger partial charge in [0.25, 0.3) is 0 Å². The Morgan fingerprint density at radius 3 is 2.92 bits per heavy atom. The molecule has 1 aromatic rings. The molecule has 1 atom stereocenters. The molecule has 1 nitrogen and oxygen atoms in total. The summed E-state index contributed by atoms with van der Waals surface area (Å²) in [6.45, 7) is 4.04. The van der Waals surface area contributed by atoms with Gasteiger partial charge in [0.05, 0.1) is 0 Å². The summed E-state index contributed by atoms with van der Waals surface area (Å²) in [5.41, 5.74) is 2.49. The number of benzene rings is 1. The first kappa shape index (κ1) is 9.32. The fourth-order valence-electron chi connectivity index (χ4n) is 1.77. The molecule has 1 aliphatic heterocycles. The van der Waals surface area contributed by atoms with Gasteiger partial charge in [-0.25, -0.2) is 0 Å². The highest BCUT2D eigenvalue weighted by molar-refractivity contribution is 6.35. The van der Waals surface area contributed by atoms with Crippen molar-refractivity contribution in [3.05, 3.63) is 33.3 Å². The van der Waals surface area contributed by atoms with E-state index in [0.717, 1.165) is 23.1 Å². The fraction of sp³-hybridized carbons (Fsp3) is 0.400. The summed E-state index contributed by atoms with van der Waals surface area (Å²) >= 11 is 12.0. The lowest BCUT2D eigenvalue weighted by molar-refractivity contribution is 0.571. The van der Waals surface area contributed by atoms with E-state index in [0.29, 0.717) is 5.92 Å². The number of rotatable bonds is 0. The minimum Gasteiger partial charge on any atom is -0.312 e. The van der Waals surface area contributed by atoms with Gasteiger partial charge in [0, 0.05) is 23.1 Å². The van der Waals surface area contributed by atoms with Crippen LogP contribution in [0.25, 0.3) is 0 Å². The standard InChI is InChI=1S/C10H11Cl2N/c1-6-4-13-5-9-8(6)2-7(11)3-10(9)12/h2-3,6,13H,4-5H2,1H3/t6-/m0/s1. The molecule has 1 aromatic carbocycles. The number of hydrogen-bond donors (Lipinski definition) is 1. The van der Waals surface area contributed by atoms with E-state index in [2.05, 4.69) is 12.2 Å². The zero-order valence-electron chi connectivity index (χ0n) is 7.40. The van der Waals surface area contributed by atoms with Gasteiger partial charge < -0.3 is 5.32 Å². The van der Waals surface area contributed by atoms with E-state index in [1.807, 2.05) is 12.1 Å². The van der Waals surface area contributed by atoms with Crippen molar-refractivity contribution < 1.29 is 0 Å². The Labute approximate surface area is 88.0 Å². The van der Waals surface area contributed by atoms with Crippen LogP contribution in [0.5, 0.6) is 0 Å². The maximum absolute atomic E-state index is 6.09. The van der Waals surface area contributed by atoms with Crippen molar-refractivity contribution in [3.8, 4) is 0 Å². The summed E-state index contributed by atoms with van der Waals surface area (Å²) in [5, 5.41) is 4.84. The lowest BCUT2D eigenvalue weighted by Gasteiger charge is -2.24. The molecule has 2 rings (SSSR count). The van der Waals surface area contributed by atoms with E-state index in [4.69, 9.17) is 23.2 Å². The molecule has 70 valence electrons. The molecule has 0 spiro atoms. The van der Waals surface area contributed by atoms with Crippen LogP contribution in [-0.2, 0) is 6.54 Å². The summed E-state index contributed by atoms with van der Waals surface area (Å²) in [4.78, 5) is 0. The molecule has 0 saturated heterocycles. The molecule has 1 aliphatic rings. The topological polar surface area (TPSA) is 12.0 Å². The van der Waals surface area contributed by atoms with Gasteiger partial charge in [-0.1, -0.05) is 30.1 Å². The third-order valence-electron chi connectivity index (χ3n) is 2.48. The van der Waals surface area contributed by atoms with Crippen LogP contribution in [0.15, 0.2) is 12.1 Å². The minimum absolute atomic E-state index is 0.500. The van der Waals surface area contributed by atoms with Gasteiger partial charge in [0.1, 0.15) is 0 Å². The van der Waals surface area contributed by atoms with E-state index in [-0.39, 0.29) is 0 Å². The third kappa shape index (κ3) is 1.69. The lowest BCUT2D eigenvalue weighted by Crippen LogP contribution is -2.26. The Hall–Kier alpha value is -0.240. The SMILES string of the molecule is C[C@H]1CNCc2c(Cl)cc(Cl)cc21. The third-order valence-corrected chi connectivity index (χ3v) is 3.03. The van der Waals surface area contributed by atoms with Gasteiger partial charge in [0.15, 0.2) is 0 Å². The quantitative estimate of drug-likeness (QED) is 0.702. The van der Waals surface area contributed by atoms with Gasteiger partial charge in [-0.2, -0.15) is 0 Å². The molecular formula is C10H11Cl2N. The second kappa shape index (κ2) is 3.49. The highest BCUT2D eigenvalue weighted by atomic mass is 35.5. The zero-order chi connectivity index (χ0) is 9.42. The number of hydrogen-bond acceptors (Lipinski definition) is 1. The number of halogens is 2. The fourth-order valence-corrected chi connectivity index (χ4v) is 2.35. The zero-order valence-corrected chi connectivity index (χ0v) is 8.91. The maximum Gasteiger partial charge on any atom is 0.0468 e. The molecule has 0 amide bonds. The predicted octanol–water partition coefficient (Wildman–Crippen LogP) is 3.20. The minimum atomic E-state index is 0.500. The second-order valence-electron chi connectivity index (χ2n) is 3.49. The maximum atomic E-state index is 6.09. The second-order valence-corrected chi connectivity index (χ2v) is 4.33. The average molecular weight is 216 g/mol. The molecule has 0 fully saturated rings.